The van der Waals surface area contributed by atoms with E-state index in [1.807, 2.05) is 48.5 Å². The maximum Gasteiger partial charge on any atom is 0.135 e. The van der Waals surface area contributed by atoms with Gasteiger partial charge in [-0.2, -0.15) is 0 Å². The molecule has 0 unspecified atom stereocenters. The lowest BCUT2D eigenvalue weighted by molar-refractivity contribution is 0.668. The summed E-state index contributed by atoms with van der Waals surface area (Å²) in [5, 5.41) is 6.53. The summed E-state index contributed by atoms with van der Waals surface area (Å²) in [6.07, 6.45) is 0. The molecular weight excluding hydrogens is 492 g/mol. The number of benzene rings is 5. The van der Waals surface area contributed by atoms with Crippen LogP contribution < -0.4 is 0 Å². The van der Waals surface area contributed by atoms with Gasteiger partial charge in [0.05, 0.1) is 22.4 Å². The Bertz CT molecular complexity index is 2280. The van der Waals surface area contributed by atoms with Crippen molar-refractivity contribution in [3.8, 4) is 22.5 Å². The molecule has 4 aromatic heterocycles. The summed E-state index contributed by atoms with van der Waals surface area (Å²) < 4.78 is 12.1. The normalized spacial score (nSPS) is 12.0. The van der Waals surface area contributed by atoms with E-state index in [0.717, 1.165) is 88.2 Å². The summed E-state index contributed by atoms with van der Waals surface area (Å²) in [4.78, 5) is 10.3. The Labute approximate surface area is 228 Å². The third-order valence-electron chi connectivity index (χ3n) is 7.86. The standard InChI is InChI=1S/C36H20N2O2/c1-3-7-31-25(5-1)27-19-23(13-17-33(27)39-31)29-15-11-21-9-10-22-12-16-30(38-36(22)35(21)37-29)24-14-18-34-28(20-24)26-6-2-4-8-32(26)40-34/h1-20H. The van der Waals surface area contributed by atoms with Gasteiger partial charge in [0.1, 0.15) is 22.3 Å². The van der Waals surface area contributed by atoms with Gasteiger partial charge in [0, 0.05) is 43.4 Å². The summed E-state index contributed by atoms with van der Waals surface area (Å²) in [6.45, 7) is 0. The zero-order valence-corrected chi connectivity index (χ0v) is 21.3. The Hall–Kier alpha value is -5.48. The molecule has 0 fully saturated rings. The van der Waals surface area contributed by atoms with Gasteiger partial charge in [-0.05, 0) is 60.7 Å². The number of furan rings is 2. The Morgan fingerprint density at radius 2 is 0.800 bits per heavy atom. The summed E-state index contributed by atoms with van der Waals surface area (Å²) >= 11 is 0. The van der Waals surface area contributed by atoms with Crippen LogP contribution >= 0.6 is 0 Å². The molecule has 4 heteroatoms. The topological polar surface area (TPSA) is 52.1 Å². The lowest BCUT2D eigenvalue weighted by Gasteiger charge is -2.08. The third-order valence-corrected chi connectivity index (χ3v) is 7.86. The van der Waals surface area contributed by atoms with Crippen molar-refractivity contribution in [2.24, 2.45) is 0 Å². The van der Waals surface area contributed by atoms with E-state index in [4.69, 9.17) is 18.8 Å². The summed E-state index contributed by atoms with van der Waals surface area (Å²) in [5.74, 6) is 0. The molecule has 0 spiro atoms. The van der Waals surface area contributed by atoms with Crippen molar-refractivity contribution in [1.29, 1.82) is 0 Å². The van der Waals surface area contributed by atoms with Gasteiger partial charge in [0.15, 0.2) is 0 Å². The van der Waals surface area contributed by atoms with Gasteiger partial charge < -0.3 is 8.83 Å². The van der Waals surface area contributed by atoms with Crippen molar-refractivity contribution in [2.75, 3.05) is 0 Å². The van der Waals surface area contributed by atoms with E-state index in [9.17, 15) is 0 Å². The molecule has 0 aliphatic carbocycles. The van der Waals surface area contributed by atoms with Crippen LogP contribution in [0, 0.1) is 0 Å². The number of rotatable bonds is 2. The first-order valence-corrected chi connectivity index (χ1v) is 13.3. The fourth-order valence-electron chi connectivity index (χ4n) is 5.86. The molecule has 4 heterocycles. The minimum Gasteiger partial charge on any atom is -0.456 e. The summed E-state index contributed by atoms with van der Waals surface area (Å²) in [7, 11) is 0. The predicted molar refractivity (Wildman–Crippen MR) is 162 cm³/mol. The molecule has 0 atom stereocenters. The molecular formula is C36H20N2O2. The van der Waals surface area contributed by atoms with Crippen LogP contribution in [0.4, 0.5) is 0 Å². The van der Waals surface area contributed by atoms with E-state index in [-0.39, 0.29) is 0 Å². The smallest absolute Gasteiger partial charge is 0.135 e. The van der Waals surface area contributed by atoms with Crippen molar-refractivity contribution in [3.05, 3.63) is 121 Å². The minimum atomic E-state index is 0.880. The molecule has 5 aromatic carbocycles. The average molecular weight is 513 g/mol. The van der Waals surface area contributed by atoms with Crippen LogP contribution in [-0.2, 0) is 0 Å². The van der Waals surface area contributed by atoms with E-state index in [1.54, 1.807) is 0 Å². The van der Waals surface area contributed by atoms with Gasteiger partial charge in [0.2, 0.25) is 0 Å². The highest BCUT2D eigenvalue weighted by atomic mass is 16.3. The first-order valence-electron chi connectivity index (χ1n) is 13.3. The van der Waals surface area contributed by atoms with Crippen LogP contribution in [0.2, 0.25) is 0 Å². The van der Waals surface area contributed by atoms with Crippen LogP contribution in [0.25, 0.3) is 88.2 Å². The molecule has 0 saturated heterocycles. The third kappa shape index (κ3) is 3.13. The van der Waals surface area contributed by atoms with Crippen molar-refractivity contribution < 1.29 is 8.83 Å². The average Bonchev–Trinajstić information content (AvgIpc) is 3.58. The molecule has 0 aliphatic rings. The lowest BCUT2D eigenvalue weighted by Crippen LogP contribution is -1.91. The van der Waals surface area contributed by atoms with Gasteiger partial charge in [-0.15, -0.1) is 0 Å². The van der Waals surface area contributed by atoms with E-state index in [2.05, 4.69) is 72.8 Å². The molecule has 9 aromatic rings. The van der Waals surface area contributed by atoms with E-state index in [0.29, 0.717) is 0 Å². The zero-order chi connectivity index (χ0) is 26.2. The molecule has 0 amide bonds. The molecule has 40 heavy (non-hydrogen) atoms. The first-order chi connectivity index (χ1) is 19.8. The number of nitrogens with zero attached hydrogens (tertiary/aromatic N) is 2. The van der Waals surface area contributed by atoms with E-state index in [1.165, 1.54) is 0 Å². The number of para-hydroxylation sites is 2. The highest BCUT2D eigenvalue weighted by molar-refractivity contribution is 6.08. The molecule has 0 aliphatic heterocycles. The van der Waals surface area contributed by atoms with E-state index >= 15 is 0 Å². The SMILES string of the molecule is c1ccc2c(c1)oc1ccc(-c3ccc4ccc5ccc(-c6ccc7oc8ccccc8c7c6)nc5c4n3)cc12. The number of aromatic nitrogens is 2. The molecule has 186 valence electrons. The molecule has 0 saturated carbocycles. The van der Waals surface area contributed by atoms with Gasteiger partial charge in [-0.3, -0.25) is 0 Å². The predicted octanol–water partition coefficient (Wildman–Crippen LogP) is 9.92. The first kappa shape index (κ1) is 21.5. The second-order valence-electron chi connectivity index (χ2n) is 10.2. The van der Waals surface area contributed by atoms with Crippen LogP contribution in [-0.4, -0.2) is 9.97 Å². The van der Waals surface area contributed by atoms with Crippen molar-refractivity contribution >= 4 is 65.7 Å². The van der Waals surface area contributed by atoms with Crippen LogP contribution in [0.5, 0.6) is 0 Å². The van der Waals surface area contributed by atoms with Gasteiger partial charge in [-0.25, -0.2) is 9.97 Å². The molecule has 0 bridgehead atoms. The molecule has 0 N–H and O–H groups in total. The maximum atomic E-state index is 6.04. The van der Waals surface area contributed by atoms with Gasteiger partial charge in [-0.1, -0.05) is 60.7 Å². The highest BCUT2D eigenvalue weighted by Crippen LogP contribution is 2.35. The molecule has 9 rings (SSSR count). The molecule has 4 nitrogen and oxygen atoms in total. The monoisotopic (exact) mass is 512 g/mol. The van der Waals surface area contributed by atoms with Gasteiger partial charge >= 0.3 is 0 Å². The quantitative estimate of drug-likeness (QED) is 0.216. The molecule has 0 radical (unpaired) electrons. The largest absolute Gasteiger partial charge is 0.456 e. The Morgan fingerprint density at radius 3 is 1.30 bits per heavy atom. The van der Waals surface area contributed by atoms with Crippen molar-refractivity contribution in [3.63, 3.8) is 0 Å². The number of fused-ring (bicyclic) bond motifs is 9. The summed E-state index contributed by atoms with van der Waals surface area (Å²) in [5.41, 5.74) is 9.24. The lowest BCUT2D eigenvalue weighted by atomic mass is 10.0. The van der Waals surface area contributed by atoms with Crippen LogP contribution in [0.3, 0.4) is 0 Å². The second kappa shape index (κ2) is 8.01. The zero-order valence-electron chi connectivity index (χ0n) is 21.3. The van der Waals surface area contributed by atoms with Crippen molar-refractivity contribution in [1.82, 2.24) is 9.97 Å². The van der Waals surface area contributed by atoms with E-state index < -0.39 is 0 Å². The number of hydrogen-bond donors (Lipinski definition) is 0. The second-order valence-corrected chi connectivity index (χ2v) is 10.2. The van der Waals surface area contributed by atoms with Crippen molar-refractivity contribution in [2.45, 2.75) is 0 Å². The maximum absolute atomic E-state index is 6.04. The number of pyridine rings is 2. The Kier molecular flexibility index (Phi) is 4.30. The highest BCUT2D eigenvalue weighted by Gasteiger charge is 2.13. The minimum absolute atomic E-state index is 0.880. The Morgan fingerprint density at radius 1 is 0.375 bits per heavy atom. The Balaban J connectivity index is 1.22. The van der Waals surface area contributed by atoms with Crippen LogP contribution in [0.1, 0.15) is 0 Å². The summed E-state index contributed by atoms with van der Waals surface area (Å²) in [6, 6.07) is 41.5. The fraction of sp³-hybridized carbons (Fsp3) is 0. The van der Waals surface area contributed by atoms with Crippen LogP contribution in [0.15, 0.2) is 130 Å². The fourth-order valence-corrected chi connectivity index (χ4v) is 5.86. The number of hydrogen-bond acceptors (Lipinski definition) is 4. The van der Waals surface area contributed by atoms with Gasteiger partial charge in [0.25, 0.3) is 0 Å².